The largest absolute Gasteiger partial charge is 0.378 e. The van der Waals surface area contributed by atoms with Gasteiger partial charge in [-0.1, -0.05) is 31.9 Å². The Morgan fingerprint density at radius 2 is 1.83 bits per heavy atom. The van der Waals surface area contributed by atoms with Gasteiger partial charge in [-0.2, -0.15) is 0 Å². The Morgan fingerprint density at radius 3 is 2.50 bits per heavy atom. The first-order chi connectivity index (χ1) is 11.6. The van der Waals surface area contributed by atoms with Crippen LogP contribution in [0.2, 0.25) is 0 Å². The Balaban J connectivity index is 2.22. The maximum Gasteiger partial charge on any atom is 0.201 e. The number of unbranched alkanes of at least 4 members (excludes halogenated alkanes) is 2. The molecule has 0 unspecified atom stereocenters. The Hall–Kier alpha value is -1.75. The van der Waals surface area contributed by atoms with Crippen LogP contribution in [0.1, 0.15) is 26.2 Å². The first-order valence-corrected chi connectivity index (χ1v) is 9.02. The maximum absolute atomic E-state index is 5.48. The molecule has 5 nitrogen and oxygen atoms in total. The van der Waals surface area contributed by atoms with Crippen LogP contribution in [0.25, 0.3) is 0 Å². The van der Waals surface area contributed by atoms with Crippen LogP contribution < -0.4 is 4.90 Å². The quantitative estimate of drug-likeness (QED) is 0.455. The lowest BCUT2D eigenvalue weighted by atomic mass is 10.2. The van der Waals surface area contributed by atoms with Crippen LogP contribution in [-0.2, 0) is 4.74 Å². The van der Waals surface area contributed by atoms with Crippen molar-refractivity contribution < 1.29 is 4.74 Å². The minimum Gasteiger partial charge on any atom is -0.378 e. The van der Waals surface area contributed by atoms with Crippen molar-refractivity contribution >= 4 is 17.3 Å². The van der Waals surface area contributed by atoms with Crippen molar-refractivity contribution in [1.82, 2.24) is 9.80 Å². The van der Waals surface area contributed by atoms with E-state index in [0.717, 1.165) is 44.5 Å². The van der Waals surface area contributed by atoms with Gasteiger partial charge in [0.25, 0.3) is 0 Å². The second-order valence-electron chi connectivity index (χ2n) is 6.52. The molecule has 2 rings (SSSR count). The average Bonchev–Trinajstić information content (AvgIpc) is 2.60. The van der Waals surface area contributed by atoms with Crippen molar-refractivity contribution in [2.45, 2.75) is 26.2 Å². The average molecular weight is 332 g/mol. The zero-order chi connectivity index (χ0) is 17.4. The summed E-state index contributed by atoms with van der Waals surface area (Å²) in [5, 5.41) is 0. The number of morpholine rings is 1. The number of guanidine groups is 1. The highest BCUT2D eigenvalue weighted by Crippen LogP contribution is 2.29. The maximum atomic E-state index is 5.48. The van der Waals surface area contributed by atoms with E-state index in [2.05, 4.69) is 67.0 Å². The number of benzene rings is 1. The van der Waals surface area contributed by atoms with Crippen molar-refractivity contribution in [3.8, 4) is 0 Å². The highest BCUT2D eigenvalue weighted by molar-refractivity contribution is 5.85. The molecule has 1 aliphatic heterocycles. The van der Waals surface area contributed by atoms with Crippen molar-refractivity contribution in [2.24, 2.45) is 4.99 Å². The number of ether oxygens (including phenoxy) is 1. The van der Waals surface area contributed by atoms with E-state index in [9.17, 15) is 0 Å². The van der Waals surface area contributed by atoms with E-state index in [4.69, 9.17) is 9.73 Å². The smallest absolute Gasteiger partial charge is 0.201 e. The zero-order valence-corrected chi connectivity index (χ0v) is 15.7. The second-order valence-corrected chi connectivity index (χ2v) is 6.52. The molecule has 134 valence electrons. The monoisotopic (exact) mass is 332 g/mol. The lowest BCUT2D eigenvalue weighted by Crippen LogP contribution is -2.39. The molecule has 0 atom stereocenters. The molecular weight excluding hydrogens is 300 g/mol. The van der Waals surface area contributed by atoms with Gasteiger partial charge in [-0.05, 0) is 18.6 Å². The number of aliphatic imine (C=N–C) groups is 1. The number of hydrogen-bond acceptors (Lipinski definition) is 3. The topological polar surface area (TPSA) is 31.3 Å². The lowest BCUT2D eigenvalue weighted by Gasteiger charge is -2.31. The van der Waals surface area contributed by atoms with Gasteiger partial charge >= 0.3 is 0 Å². The molecule has 1 aromatic rings. The van der Waals surface area contributed by atoms with E-state index in [1.807, 2.05) is 0 Å². The van der Waals surface area contributed by atoms with E-state index in [-0.39, 0.29) is 0 Å². The number of hydrogen-bond donors (Lipinski definition) is 0. The molecule has 0 spiro atoms. The van der Waals surface area contributed by atoms with Crippen LogP contribution >= 0.6 is 0 Å². The fourth-order valence-electron chi connectivity index (χ4n) is 2.96. The first-order valence-electron chi connectivity index (χ1n) is 9.02. The summed E-state index contributed by atoms with van der Waals surface area (Å²) in [5.74, 6) is 1.01. The predicted octanol–water partition coefficient (Wildman–Crippen LogP) is 3.19. The van der Waals surface area contributed by atoms with Gasteiger partial charge in [0.05, 0.1) is 24.6 Å². The third-order valence-corrected chi connectivity index (χ3v) is 4.29. The molecule has 5 heteroatoms. The van der Waals surface area contributed by atoms with Crippen LogP contribution in [0.5, 0.6) is 0 Å². The summed E-state index contributed by atoms with van der Waals surface area (Å²) in [6.07, 6.45) is 3.70. The Morgan fingerprint density at radius 1 is 1.12 bits per heavy atom. The van der Waals surface area contributed by atoms with E-state index < -0.39 is 0 Å². The van der Waals surface area contributed by atoms with Gasteiger partial charge in [-0.25, -0.2) is 4.99 Å². The first kappa shape index (κ1) is 18.6. The summed E-state index contributed by atoms with van der Waals surface area (Å²) in [4.78, 5) is 11.7. The molecule has 1 fully saturated rings. The van der Waals surface area contributed by atoms with Crippen LogP contribution in [-0.4, -0.2) is 69.8 Å². The van der Waals surface area contributed by atoms with Crippen molar-refractivity contribution in [2.75, 3.05) is 58.9 Å². The number of nitrogens with zero attached hydrogens (tertiary/aromatic N) is 4. The highest BCUT2D eigenvalue weighted by atomic mass is 16.5. The SMILES string of the molecule is CCCCCN(C)C(=Nc1ccccc1N1CCOCC1)N(C)C. The Bertz CT molecular complexity index is 524. The number of anilines is 1. The Labute approximate surface area is 146 Å². The molecule has 1 heterocycles. The summed E-state index contributed by atoms with van der Waals surface area (Å²) < 4.78 is 5.48. The van der Waals surface area contributed by atoms with Gasteiger partial charge in [-0.3, -0.25) is 0 Å². The van der Waals surface area contributed by atoms with Gasteiger partial charge in [0.15, 0.2) is 0 Å². The van der Waals surface area contributed by atoms with Crippen LogP contribution in [0.3, 0.4) is 0 Å². The van der Waals surface area contributed by atoms with Crippen molar-refractivity contribution in [1.29, 1.82) is 0 Å². The summed E-state index contributed by atoms with van der Waals surface area (Å²) in [6.45, 7) is 6.70. The third kappa shape index (κ3) is 5.13. The third-order valence-electron chi connectivity index (χ3n) is 4.29. The number of para-hydroxylation sites is 2. The molecule has 0 bridgehead atoms. The fourth-order valence-corrected chi connectivity index (χ4v) is 2.96. The molecule has 24 heavy (non-hydrogen) atoms. The molecule has 1 aromatic carbocycles. The van der Waals surface area contributed by atoms with Crippen LogP contribution in [0, 0.1) is 0 Å². The molecule has 0 radical (unpaired) electrons. The minimum atomic E-state index is 0.787. The summed E-state index contributed by atoms with van der Waals surface area (Å²) >= 11 is 0. The normalized spacial score (nSPS) is 15.5. The van der Waals surface area contributed by atoms with Gasteiger partial charge < -0.3 is 19.4 Å². The van der Waals surface area contributed by atoms with E-state index in [1.54, 1.807) is 0 Å². The second kappa shape index (κ2) is 9.52. The van der Waals surface area contributed by atoms with Crippen LogP contribution in [0.15, 0.2) is 29.3 Å². The zero-order valence-electron chi connectivity index (χ0n) is 15.7. The summed E-state index contributed by atoms with van der Waals surface area (Å²) in [6, 6.07) is 8.42. The molecule has 0 N–H and O–H groups in total. The Kier molecular flexibility index (Phi) is 7.37. The lowest BCUT2D eigenvalue weighted by molar-refractivity contribution is 0.123. The van der Waals surface area contributed by atoms with Gasteiger partial charge in [0, 0.05) is 40.8 Å². The predicted molar refractivity (Wildman–Crippen MR) is 102 cm³/mol. The molecule has 0 aromatic heterocycles. The highest BCUT2D eigenvalue weighted by Gasteiger charge is 2.16. The van der Waals surface area contributed by atoms with E-state index in [0.29, 0.717) is 0 Å². The minimum absolute atomic E-state index is 0.787. The van der Waals surface area contributed by atoms with Crippen molar-refractivity contribution in [3.63, 3.8) is 0 Å². The van der Waals surface area contributed by atoms with E-state index >= 15 is 0 Å². The molecule has 0 amide bonds. The summed E-state index contributed by atoms with van der Waals surface area (Å²) in [7, 11) is 6.25. The molecule has 1 saturated heterocycles. The standard InChI is InChI=1S/C19H32N4O/c1-5-6-9-12-22(4)19(21(2)3)20-17-10-7-8-11-18(17)23-13-15-24-16-14-23/h7-8,10-11H,5-6,9,12-16H2,1-4H3. The molecular formula is C19H32N4O. The number of rotatable bonds is 6. The summed E-state index contributed by atoms with van der Waals surface area (Å²) in [5.41, 5.74) is 2.23. The fraction of sp³-hybridized carbons (Fsp3) is 0.632. The molecule has 0 saturated carbocycles. The van der Waals surface area contributed by atoms with Crippen molar-refractivity contribution in [3.05, 3.63) is 24.3 Å². The van der Waals surface area contributed by atoms with Gasteiger partial charge in [0.1, 0.15) is 0 Å². The van der Waals surface area contributed by atoms with Crippen LogP contribution in [0.4, 0.5) is 11.4 Å². The van der Waals surface area contributed by atoms with E-state index in [1.165, 1.54) is 24.9 Å². The molecule has 1 aliphatic rings. The van der Waals surface area contributed by atoms with Gasteiger partial charge in [0.2, 0.25) is 5.96 Å². The van der Waals surface area contributed by atoms with Gasteiger partial charge in [-0.15, -0.1) is 0 Å². The molecule has 0 aliphatic carbocycles.